The van der Waals surface area contributed by atoms with Crippen molar-refractivity contribution in [2.75, 3.05) is 11.4 Å². The van der Waals surface area contributed by atoms with E-state index in [4.69, 9.17) is 9.15 Å². The van der Waals surface area contributed by atoms with Crippen molar-refractivity contribution in [1.82, 2.24) is 0 Å². The maximum Gasteiger partial charge on any atom is 0.336 e. The van der Waals surface area contributed by atoms with E-state index in [2.05, 4.69) is 0 Å². The van der Waals surface area contributed by atoms with Gasteiger partial charge in [-0.15, -0.1) is 0 Å². The number of hydrogen-bond donors (Lipinski definition) is 0. The Labute approximate surface area is 180 Å². The molecule has 0 saturated carbocycles. The number of carbonyl (C=O) groups is 2. The van der Waals surface area contributed by atoms with Crippen molar-refractivity contribution in [3.63, 3.8) is 0 Å². The molecule has 1 amide bonds. The molecule has 4 rings (SSSR count). The zero-order valence-corrected chi connectivity index (χ0v) is 17.9. The molecule has 0 spiro atoms. The maximum absolute atomic E-state index is 12.7. The van der Waals surface area contributed by atoms with Crippen molar-refractivity contribution in [2.24, 2.45) is 5.92 Å². The summed E-state index contributed by atoms with van der Waals surface area (Å²) in [6.45, 7) is 6.21. The first-order valence-corrected chi connectivity index (χ1v) is 10.5. The summed E-state index contributed by atoms with van der Waals surface area (Å²) in [6.07, 6.45) is 0.921. The molecule has 1 atom stereocenters. The second-order valence-corrected chi connectivity index (χ2v) is 8.02. The van der Waals surface area contributed by atoms with Gasteiger partial charge in [-0.25, -0.2) is 4.79 Å². The predicted molar refractivity (Wildman–Crippen MR) is 118 cm³/mol. The summed E-state index contributed by atoms with van der Waals surface area (Å²) in [5.41, 5.74) is 4.57. The first kappa shape index (κ1) is 20.8. The number of fused-ring (bicyclic) bond motifs is 1. The van der Waals surface area contributed by atoms with Crippen molar-refractivity contribution in [1.29, 1.82) is 0 Å². The van der Waals surface area contributed by atoms with Crippen LogP contribution in [0.5, 0.6) is 0 Å². The number of nitrogens with zero attached hydrogens (tertiary/aromatic N) is 1. The van der Waals surface area contributed by atoms with Crippen molar-refractivity contribution in [2.45, 2.75) is 40.2 Å². The fourth-order valence-electron chi connectivity index (χ4n) is 4.04. The summed E-state index contributed by atoms with van der Waals surface area (Å²) >= 11 is 0. The van der Waals surface area contributed by atoms with E-state index in [0.717, 1.165) is 34.2 Å². The zero-order chi connectivity index (χ0) is 22.1. The maximum atomic E-state index is 12.7. The highest BCUT2D eigenvalue weighted by atomic mass is 16.5. The van der Waals surface area contributed by atoms with Gasteiger partial charge in [0.2, 0.25) is 5.91 Å². The molecule has 31 heavy (non-hydrogen) atoms. The number of aryl methyl sites for hydroxylation is 3. The molecule has 160 valence electrons. The van der Waals surface area contributed by atoms with Crippen LogP contribution in [0.4, 0.5) is 5.69 Å². The van der Waals surface area contributed by atoms with Crippen molar-refractivity contribution in [3.05, 3.63) is 75.1 Å². The highest BCUT2D eigenvalue weighted by molar-refractivity contribution is 6.00. The number of hydrogen-bond acceptors (Lipinski definition) is 5. The predicted octanol–water partition coefficient (Wildman–Crippen LogP) is 4.07. The van der Waals surface area contributed by atoms with Gasteiger partial charge in [0, 0.05) is 35.7 Å². The number of carbonyl (C=O) groups excluding carboxylic acids is 2. The number of amides is 1. The number of rotatable bonds is 5. The Morgan fingerprint density at radius 3 is 2.61 bits per heavy atom. The van der Waals surface area contributed by atoms with Gasteiger partial charge in [0.15, 0.2) is 0 Å². The molecular formula is C25H25NO5. The van der Waals surface area contributed by atoms with E-state index in [1.807, 2.05) is 57.2 Å². The summed E-state index contributed by atoms with van der Waals surface area (Å²) in [4.78, 5) is 38.9. The molecule has 0 radical (unpaired) electrons. The van der Waals surface area contributed by atoms with Gasteiger partial charge in [-0.2, -0.15) is 0 Å². The summed E-state index contributed by atoms with van der Waals surface area (Å²) in [6, 6.07) is 12.8. The number of para-hydroxylation sites is 1. The van der Waals surface area contributed by atoms with E-state index in [1.165, 1.54) is 6.07 Å². The Morgan fingerprint density at radius 1 is 1.10 bits per heavy atom. The lowest BCUT2D eigenvalue weighted by molar-refractivity contribution is -0.149. The Balaban J connectivity index is 1.51. The Bertz CT molecular complexity index is 1230. The topological polar surface area (TPSA) is 76.8 Å². The van der Waals surface area contributed by atoms with E-state index in [1.54, 1.807) is 4.90 Å². The normalized spacial score (nSPS) is 16.2. The Kier molecular flexibility index (Phi) is 5.63. The Morgan fingerprint density at radius 2 is 1.84 bits per heavy atom. The van der Waals surface area contributed by atoms with Gasteiger partial charge < -0.3 is 14.1 Å². The van der Waals surface area contributed by atoms with Crippen LogP contribution in [0.15, 0.2) is 51.7 Å². The molecule has 0 aliphatic carbocycles. The van der Waals surface area contributed by atoms with Gasteiger partial charge in [0.05, 0.1) is 5.92 Å². The summed E-state index contributed by atoms with van der Waals surface area (Å²) < 4.78 is 10.8. The molecular weight excluding hydrogens is 394 g/mol. The minimum absolute atomic E-state index is 0.0420. The highest BCUT2D eigenvalue weighted by Crippen LogP contribution is 2.29. The highest BCUT2D eigenvalue weighted by Gasteiger charge is 2.36. The lowest BCUT2D eigenvalue weighted by Crippen LogP contribution is -2.27. The molecule has 3 aromatic rings. The van der Waals surface area contributed by atoms with Gasteiger partial charge in [0.25, 0.3) is 0 Å². The van der Waals surface area contributed by atoms with Crippen LogP contribution in [0.1, 0.15) is 35.6 Å². The van der Waals surface area contributed by atoms with Gasteiger partial charge in [-0.1, -0.05) is 25.1 Å². The van der Waals surface area contributed by atoms with E-state index in [9.17, 15) is 14.4 Å². The molecule has 0 N–H and O–H groups in total. The molecule has 1 aliphatic heterocycles. The monoisotopic (exact) mass is 419 g/mol. The third kappa shape index (κ3) is 4.10. The summed E-state index contributed by atoms with van der Waals surface area (Å²) in [5.74, 6) is -1.05. The van der Waals surface area contributed by atoms with Crippen LogP contribution in [0.3, 0.4) is 0 Å². The first-order valence-electron chi connectivity index (χ1n) is 10.5. The Hall–Kier alpha value is -3.41. The molecule has 6 heteroatoms. The average molecular weight is 419 g/mol. The van der Waals surface area contributed by atoms with Crippen LogP contribution in [-0.4, -0.2) is 18.4 Å². The first-order chi connectivity index (χ1) is 14.9. The number of benzene rings is 2. The van der Waals surface area contributed by atoms with Crippen LogP contribution < -0.4 is 10.5 Å². The summed E-state index contributed by atoms with van der Waals surface area (Å²) in [7, 11) is 0. The second kappa shape index (κ2) is 8.38. The molecule has 1 aliphatic rings. The van der Waals surface area contributed by atoms with Crippen LogP contribution >= 0.6 is 0 Å². The van der Waals surface area contributed by atoms with E-state index >= 15 is 0 Å². The van der Waals surface area contributed by atoms with Gasteiger partial charge in [-0.05, 0) is 55.2 Å². The molecule has 1 saturated heterocycles. The molecule has 1 aromatic heterocycles. The number of ether oxygens (including phenoxy) is 1. The fraction of sp³-hybridized carbons (Fsp3) is 0.320. The quantitative estimate of drug-likeness (QED) is 0.460. The van der Waals surface area contributed by atoms with Gasteiger partial charge in [0.1, 0.15) is 12.2 Å². The SMILES string of the molecule is CCc1ccccc1N1C[C@H](C(=O)OCc2cc(=O)oc3cc(C)c(C)cc23)CC1=O. The molecule has 1 fully saturated rings. The van der Waals surface area contributed by atoms with Crippen LogP contribution in [-0.2, 0) is 27.4 Å². The van der Waals surface area contributed by atoms with Crippen molar-refractivity contribution >= 4 is 28.5 Å². The van der Waals surface area contributed by atoms with Crippen LogP contribution in [0.25, 0.3) is 11.0 Å². The lowest BCUT2D eigenvalue weighted by atomic mass is 10.0. The van der Waals surface area contributed by atoms with Crippen molar-refractivity contribution < 1.29 is 18.7 Å². The standard InChI is InChI=1S/C25H25NO5/c1-4-17-7-5-6-8-21(17)26-13-18(11-23(26)27)25(29)30-14-19-12-24(28)31-22-10-16(3)15(2)9-20(19)22/h5-10,12,18H,4,11,13-14H2,1-3H3/t18-/m1/s1. The molecule has 2 heterocycles. The summed E-state index contributed by atoms with van der Waals surface area (Å²) in [5, 5.41) is 0.747. The van der Waals surface area contributed by atoms with E-state index < -0.39 is 17.5 Å². The minimum Gasteiger partial charge on any atom is -0.461 e. The van der Waals surface area contributed by atoms with Crippen LogP contribution in [0.2, 0.25) is 0 Å². The van der Waals surface area contributed by atoms with Gasteiger partial charge >= 0.3 is 11.6 Å². The van der Waals surface area contributed by atoms with Crippen molar-refractivity contribution in [3.8, 4) is 0 Å². The zero-order valence-electron chi connectivity index (χ0n) is 17.9. The van der Waals surface area contributed by atoms with Crippen LogP contribution in [0, 0.1) is 19.8 Å². The number of anilines is 1. The molecule has 0 unspecified atom stereocenters. The smallest absolute Gasteiger partial charge is 0.336 e. The molecule has 6 nitrogen and oxygen atoms in total. The van der Waals surface area contributed by atoms with E-state index in [-0.39, 0.29) is 18.9 Å². The third-order valence-electron chi connectivity index (χ3n) is 5.94. The third-order valence-corrected chi connectivity index (χ3v) is 5.94. The molecule has 0 bridgehead atoms. The average Bonchev–Trinajstić information content (AvgIpc) is 3.14. The number of esters is 1. The van der Waals surface area contributed by atoms with Gasteiger partial charge in [-0.3, -0.25) is 9.59 Å². The lowest BCUT2D eigenvalue weighted by Gasteiger charge is -2.19. The minimum atomic E-state index is -0.534. The fourth-order valence-corrected chi connectivity index (χ4v) is 4.04. The second-order valence-electron chi connectivity index (χ2n) is 8.02. The van der Waals surface area contributed by atoms with E-state index in [0.29, 0.717) is 17.7 Å². The largest absolute Gasteiger partial charge is 0.461 e. The molecule has 2 aromatic carbocycles.